The smallest absolute Gasteiger partial charge is 0.434 e. The summed E-state index contributed by atoms with van der Waals surface area (Å²) >= 11 is 6.72. The van der Waals surface area contributed by atoms with Crippen molar-refractivity contribution in [2.75, 3.05) is 13.2 Å². The molecule has 1 aliphatic rings. The van der Waals surface area contributed by atoms with Crippen molar-refractivity contribution in [1.82, 2.24) is 4.57 Å². The molecule has 1 aliphatic heterocycles. The Labute approximate surface area is 234 Å². The Hall–Kier alpha value is -3.90. The molecule has 3 aromatic rings. The normalized spacial score (nSPS) is 15.4. The molecule has 0 bridgehead atoms. The Bertz CT molecular complexity index is 1680. The van der Waals surface area contributed by atoms with E-state index >= 15 is 0 Å². The lowest BCUT2D eigenvalue weighted by atomic mass is 9.95. The van der Waals surface area contributed by atoms with E-state index in [-0.39, 0.29) is 39.6 Å². The molecule has 1 atom stereocenters. The second-order valence-corrected chi connectivity index (χ2v) is 9.79. The van der Waals surface area contributed by atoms with Gasteiger partial charge in [-0.2, -0.15) is 13.2 Å². The number of hydrogen-bond acceptors (Lipinski definition) is 8. The minimum absolute atomic E-state index is 0.0482. The van der Waals surface area contributed by atoms with Gasteiger partial charge in [-0.1, -0.05) is 41.1 Å². The first-order valence-corrected chi connectivity index (χ1v) is 13.1. The fourth-order valence-electron chi connectivity index (χ4n) is 4.07. The van der Waals surface area contributed by atoms with Crippen LogP contribution in [0.25, 0.3) is 6.08 Å². The van der Waals surface area contributed by atoms with Crippen LogP contribution in [-0.2, 0) is 14.3 Å². The lowest BCUT2D eigenvalue weighted by molar-refractivity contribution is -0.140. The average molecular weight is 595 g/mol. The number of halogens is 4. The third-order valence-electron chi connectivity index (χ3n) is 5.60. The maximum Gasteiger partial charge on any atom is 0.434 e. The van der Waals surface area contributed by atoms with Crippen LogP contribution >= 0.6 is 22.9 Å². The Morgan fingerprint density at radius 1 is 1.10 bits per heavy atom. The Morgan fingerprint density at radius 3 is 2.40 bits per heavy atom. The molecule has 8 nitrogen and oxygen atoms in total. The van der Waals surface area contributed by atoms with Gasteiger partial charge in [0, 0.05) is 11.9 Å². The van der Waals surface area contributed by atoms with Crippen LogP contribution in [0.4, 0.5) is 13.2 Å². The van der Waals surface area contributed by atoms with Crippen molar-refractivity contribution in [3.63, 3.8) is 0 Å². The van der Waals surface area contributed by atoms with E-state index in [1.54, 1.807) is 13.0 Å². The summed E-state index contributed by atoms with van der Waals surface area (Å²) in [6.07, 6.45) is -3.56. The molecule has 0 N–H and O–H groups in total. The number of benzene rings is 2. The third kappa shape index (κ3) is 5.97. The average Bonchev–Trinajstić information content (AvgIpc) is 3.19. The second-order valence-electron chi connectivity index (χ2n) is 8.35. The highest BCUT2D eigenvalue weighted by Gasteiger charge is 2.45. The van der Waals surface area contributed by atoms with Crippen LogP contribution in [0.2, 0.25) is 5.02 Å². The lowest BCUT2D eigenvalue weighted by Gasteiger charge is -2.26. The highest BCUT2D eigenvalue weighted by molar-refractivity contribution is 7.07. The number of rotatable bonds is 7. The van der Waals surface area contributed by atoms with Crippen molar-refractivity contribution in [3.8, 4) is 11.5 Å². The van der Waals surface area contributed by atoms with Gasteiger partial charge in [-0.3, -0.25) is 14.2 Å². The molecule has 0 spiro atoms. The summed E-state index contributed by atoms with van der Waals surface area (Å²) in [5.74, 6) is -1.39. The van der Waals surface area contributed by atoms with E-state index in [9.17, 15) is 27.6 Å². The van der Waals surface area contributed by atoms with E-state index in [2.05, 4.69) is 4.99 Å². The summed E-state index contributed by atoms with van der Waals surface area (Å²) in [6, 6.07) is 8.85. The third-order valence-corrected chi connectivity index (χ3v) is 6.83. The Balaban J connectivity index is 1.97. The molecule has 2 heterocycles. The minimum Gasteiger partial charge on any atom is -0.490 e. The van der Waals surface area contributed by atoms with Gasteiger partial charge in [0.25, 0.3) is 5.56 Å². The molecule has 4 rings (SSSR count). The molecular formula is C27H22ClF3N2O6S. The van der Waals surface area contributed by atoms with E-state index < -0.39 is 41.0 Å². The number of hydrogen-bond donors (Lipinski definition) is 0. The van der Waals surface area contributed by atoms with Crippen LogP contribution in [0.5, 0.6) is 11.5 Å². The zero-order valence-corrected chi connectivity index (χ0v) is 22.9. The Kier molecular flexibility index (Phi) is 8.50. The molecule has 2 aromatic carbocycles. The molecule has 0 radical (unpaired) electrons. The first-order chi connectivity index (χ1) is 18.9. The topological polar surface area (TPSA) is 96.2 Å². The molecule has 0 amide bonds. The van der Waals surface area contributed by atoms with Gasteiger partial charge in [-0.25, -0.2) is 9.79 Å². The zero-order valence-electron chi connectivity index (χ0n) is 21.4. The van der Waals surface area contributed by atoms with Crippen LogP contribution < -0.4 is 24.4 Å². The van der Waals surface area contributed by atoms with Crippen molar-refractivity contribution >= 4 is 41.0 Å². The summed E-state index contributed by atoms with van der Waals surface area (Å²) in [5, 5.41) is 0.316. The monoisotopic (exact) mass is 594 g/mol. The SMILES string of the molecule is CCOC(=O)C1=C(C(F)(F)F)N=c2s/c(=C\c3ccc(OC(C)=O)c(OCC)c3)c(=O)n2[C@H]1c1ccc(Cl)cc1. The van der Waals surface area contributed by atoms with Crippen LogP contribution in [0, 0.1) is 0 Å². The van der Waals surface area contributed by atoms with E-state index in [1.807, 2.05) is 0 Å². The summed E-state index contributed by atoms with van der Waals surface area (Å²) in [4.78, 5) is 41.5. The first-order valence-electron chi connectivity index (χ1n) is 12.0. The summed E-state index contributed by atoms with van der Waals surface area (Å²) in [7, 11) is 0. The van der Waals surface area contributed by atoms with E-state index in [4.69, 9.17) is 25.8 Å². The van der Waals surface area contributed by atoms with Gasteiger partial charge in [-0.15, -0.1) is 0 Å². The van der Waals surface area contributed by atoms with Gasteiger partial charge < -0.3 is 14.2 Å². The highest BCUT2D eigenvalue weighted by atomic mass is 35.5. The van der Waals surface area contributed by atoms with Gasteiger partial charge in [0.15, 0.2) is 22.0 Å². The molecule has 1 aromatic heterocycles. The van der Waals surface area contributed by atoms with Gasteiger partial charge in [0.2, 0.25) is 0 Å². The van der Waals surface area contributed by atoms with Crippen molar-refractivity contribution in [1.29, 1.82) is 0 Å². The molecule has 0 aliphatic carbocycles. The molecule has 0 unspecified atom stereocenters. The number of esters is 2. The summed E-state index contributed by atoms with van der Waals surface area (Å²) in [6.45, 7) is 4.51. The van der Waals surface area contributed by atoms with Gasteiger partial charge >= 0.3 is 18.1 Å². The summed E-state index contributed by atoms with van der Waals surface area (Å²) in [5.41, 5.74) is -2.26. The maximum atomic E-state index is 14.2. The standard InChI is InChI=1S/C27H22ClF3N2O6S/c1-4-37-19-12-15(6-11-18(19)39-14(3)34)13-20-24(35)33-22(16-7-9-17(28)10-8-16)21(25(36)38-5-2)23(27(29,30)31)32-26(33)40-20/h6-13,22H,4-5H2,1-3H3/b20-13-/t22-/m0/s1. The lowest BCUT2D eigenvalue weighted by Crippen LogP contribution is -2.41. The zero-order chi connectivity index (χ0) is 29.2. The fraction of sp³-hybridized carbons (Fsp3) is 0.259. The van der Waals surface area contributed by atoms with Crippen molar-refractivity contribution in [2.24, 2.45) is 4.99 Å². The quantitative estimate of drug-likeness (QED) is 0.299. The van der Waals surface area contributed by atoms with Crippen LogP contribution in [0.1, 0.15) is 37.9 Å². The number of carbonyl (C=O) groups excluding carboxylic acids is 2. The van der Waals surface area contributed by atoms with Crippen molar-refractivity contribution < 1.29 is 37.0 Å². The van der Waals surface area contributed by atoms with E-state index in [0.717, 1.165) is 15.9 Å². The van der Waals surface area contributed by atoms with Crippen LogP contribution in [0.15, 0.2) is 63.5 Å². The molecule has 210 valence electrons. The minimum atomic E-state index is -5.01. The molecule has 0 saturated carbocycles. The molecular weight excluding hydrogens is 573 g/mol. The van der Waals surface area contributed by atoms with E-state index in [1.165, 1.54) is 56.3 Å². The van der Waals surface area contributed by atoms with Crippen LogP contribution in [-0.4, -0.2) is 35.9 Å². The largest absolute Gasteiger partial charge is 0.490 e. The van der Waals surface area contributed by atoms with Crippen molar-refractivity contribution in [3.05, 3.63) is 89.6 Å². The molecule has 0 fully saturated rings. The molecule has 0 saturated heterocycles. The number of thiazole rings is 1. The molecule has 40 heavy (non-hydrogen) atoms. The summed E-state index contributed by atoms with van der Waals surface area (Å²) < 4.78 is 59.4. The number of fused-ring (bicyclic) bond motifs is 1. The second kappa shape index (κ2) is 11.7. The maximum absolute atomic E-state index is 14.2. The van der Waals surface area contributed by atoms with Crippen molar-refractivity contribution in [2.45, 2.75) is 33.0 Å². The van der Waals surface area contributed by atoms with Gasteiger partial charge in [0.05, 0.1) is 29.4 Å². The van der Waals surface area contributed by atoms with Gasteiger partial charge in [0.1, 0.15) is 0 Å². The number of allylic oxidation sites excluding steroid dienone is 1. The first kappa shape index (κ1) is 29.1. The number of alkyl halides is 3. The number of carbonyl (C=O) groups is 2. The number of aromatic nitrogens is 1. The number of nitrogens with zero attached hydrogens (tertiary/aromatic N) is 2. The van der Waals surface area contributed by atoms with E-state index in [0.29, 0.717) is 10.6 Å². The molecule has 13 heteroatoms. The predicted molar refractivity (Wildman–Crippen MR) is 141 cm³/mol. The van der Waals surface area contributed by atoms with Crippen LogP contribution in [0.3, 0.4) is 0 Å². The fourth-order valence-corrected chi connectivity index (χ4v) is 5.20. The highest BCUT2D eigenvalue weighted by Crippen LogP contribution is 2.38. The Morgan fingerprint density at radius 2 is 1.80 bits per heavy atom. The number of ether oxygens (including phenoxy) is 3. The predicted octanol–water partition coefficient (Wildman–Crippen LogP) is 4.32. The van der Waals surface area contributed by atoms with Gasteiger partial charge in [-0.05, 0) is 55.3 Å².